The molecule has 3 aliphatic heterocycles. The van der Waals surface area contributed by atoms with Crippen molar-refractivity contribution < 1.29 is 0 Å². The molecule has 21 rings (SSSR count). The second-order valence-electron chi connectivity index (χ2n) is 26.5. The minimum Gasteiger partial charge on any atom is -0.309 e. The molecule has 0 saturated carbocycles. The summed E-state index contributed by atoms with van der Waals surface area (Å²) < 4.78 is 7.28. The van der Waals surface area contributed by atoms with E-state index in [9.17, 15) is 0 Å². The monoisotopic (exact) mass is 1380 g/mol. The number of hydrogen-bond acceptors (Lipinski definition) is 4. The fraction of sp³-hybridized carbons (Fsp3) is 0. The summed E-state index contributed by atoms with van der Waals surface area (Å²) >= 11 is 24.0. The summed E-state index contributed by atoms with van der Waals surface area (Å²) in [5.74, 6) is 0. The third-order valence-electron chi connectivity index (χ3n) is 21.3. The smallest absolute Gasteiger partial charge is 0.0644 e. The van der Waals surface area contributed by atoms with Crippen LogP contribution in [0.25, 0.3) is 116 Å². The Balaban J connectivity index is 0.894. The maximum Gasteiger partial charge on any atom is 0.0644 e. The minimum absolute atomic E-state index is 1.08. The van der Waals surface area contributed by atoms with E-state index in [0.717, 1.165) is 148 Å². The molecule has 0 aliphatic carbocycles. The molecule has 0 N–H and O–H groups in total. The normalized spacial score (nSPS) is 17.2. The van der Waals surface area contributed by atoms with Crippen molar-refractivity contribution in [2.75, 3.05) is 4.90 Å². The van der Waals surface area contributed by atoms with E-state index in [4.69, 9.17) is 35.4 Å². The van der Waals surface area contributed by atoms with Gasteiger partial charge in [-0.05, 0) is 158 Å². The molecule has 0 bridgehead atoms. The van der Waals surface area contributed by atoms with Gasteiger partial charge in [0.2, 0.25) is 0 Å². The van der Waals surface area contributed by atoms with Gasteiger partial charge in [0, 0.05) is 99.3 Å². The second-order valence-corrected chi connectivity index (χ2v) is 39.5. The molecule has 3 aromatic heterocycles. The first kappa shape index (κ1) is 58.4. The number of aromatic nitrogens is 3. The predicted octanol–water partition coefficient (Wildman–Crippen LogP) is 19.7. The average Bonchev–Trinajstić information content (AvgIpc) is 0.854. The summed E-state index contributed by atoms with van der Waals surface area (Å²) in [4.78, 5) is 2.66. The Morgan fingerprint density at radius 2 is 0.400 bits per heavy atom. The van der Waals surface area contributed by atoms with E-state index in [1.807, 2.05) is 0 Å². The van der Waals surface area contributed by atoms with Crippen LogP contribution in [0.4, 0.5) is 17.1 Å². The van der Waals surface area contributed by atoms with Gasteiger partial charge in [-0.2, -0.15) is 0 Å². The molecular formula is C90H57N4P3S3. The SMILES string of the molecule is S=P1(c2ccccc2)c2cc(-c3cccc(-n4c5ccccc5c5ccccc54)c3)cc3c2N2c4c1cc(-c1cccc(-n5c6ccccc6c6ccccc65)c1)cc4P(=S)(c1ccccc1)c1cc(-c4cccc(-n5c6ccccc6c6ccccc65)c4)cc(c12)P3(=S)c1ccccc1. The van der Waals surface area contributed by atoms with E-state index in [2.05, 4.69) is 364 Å². The van der Waals surface area contributed by atoms with Crippen LogP contribution in [0.1, 0.15) is 0 Å². The third-order valence-corrected chi connectivity index (χ3v) is 36.0. The number of para-hydroxylation sites is 6. The van der Waals surface area contributed by atoms with Gasteiger partial charge in [-0.15, -0.1) is 0 Å². The Hall–Kier alpha value is -10.6. The fourth-order valence-electron chi connectivity index (χ4n) is 17.0. The molecule has 100 heavy (non-hydrogen) atoms. The third kappa shape index (κ3) is 8.13. The molecule has 0 spiro atoms. The summed E-state index contributed by atoms with van der Waals surface area (Å²) in [5, 5.41) is 17.5. The van der Waals surface area contributed by atoms with E-state index in [-0.39, 0.29) is 0 Å². The summed E-state index contributed by atoms with van der Waals surface area (Å²) in [6.07, 6.45) is 0. The van der Waals surface area contributed by atoms with Gasteiger partial charge in [0.05, 0.1) is 50.2 Å². The van der Waals surface area contributed by atoms with E-state index in [0.29, 0.717) is 0 Å². The minimum atomic E-state index is -3.14. The first-order valence-electron chi connectivity index (χ1n) is 33.9. The van der Waals surface area contributed by atoms with Crippen molar-refractivity contribution in [3.05, 3.63) is 346 Å². The highest BCUT2D eigenvalue weighted by Gasteiger charge is 2.53. The van der Waals surface area contributed by atoms with Crippen LogP contribution in [0.15, 0.2) is 346 Å². The van der Waals surface area contributed by atoms with E-state index in [1.165, 1.54) is 32.3 Å². The fourth-order valence-corrected chi connectivity index (χ4v) is 30.1. The number of nitrogens with zero attached hydrogens (tertiary/aromatic N) is 4. The van der Waals surface area contributed by atoms with Gasteiger partial charge in [0.15, 0.2) is 0 Å². The molecule has 18 aromatic rings. The first-order valence-corrected chi connectivity index (χ1v) is 42.3. The Labute approximate surface area is 594 Å². The summed E-state index contributed by atoms with van der Waals surface area (Å²) in [6, 6.07) is 119. The maximum absolute atomic E-state index is 8.01. The van der Waals surface area contributed by atoms with Crippen molar-refractivity contribution in [1.82, 2.24) is 13.7 Å². The molecule has 6 heterocycles. The highest BCUT2D eigenvalue weighted by Crippen LogP contribution is 2.67. The van der Waals surface area contributed by atoms with Crippen LogP contribution in [0.3, 0.4) is 0 Å². The number of benzene rings is 15. The van der Waals surface area contributed by atoms with Crippen molar-refractivity contribution in [2.24, 2.45) is 0 Å². The molecule has 15 aromatic carbocycles. The Kier molecular flexibility index (Phi) is 12.8. The van der Waals surface area contributed by atoms with Crippen molar-refractivity contribution in [1.29, 1.82) is 0 Å². The van der Waals surface area contributed by atoms with Crippen molar-refractivity contribution in [3.8, 4) is 50.4 Å². The van der Waals surface area contributed by atoms with Gasteiger partial charge in [0.25, 0.3) is 0 Å². The lowest BCUT2D eigenvalue weighted by atomic mass is 10.0. The molecule has 0 saturated heterocycles. The van der Waals surface area contributed by atoms with Crippen LogP contribution < -0.4 is 52.6 Å². The Bertz CT molecular complexity index is 5840. The zero-order valence-corrected chi connectivity index (χ0v) is 58.9. The molecule has 10 heteroatoms. The molecular weight excluding hydrogens is 1330 g/mol. The van der Waals surface area contributed by atoms with Gasteiger partial charge in [-0.25, -0.2) is 0 Å². The maximum atomic E-state index is 8.01. The zero-order chi connectivity index (χ0) is 66.2. The lowest BCUT2D eigenvalue weighted by molar-refractivity contribution is 1.18. The summed E-state index contributed by atoms with van der Waals surface area (Å²) in [5.41, 5.74) is 20.1. The molecule has 0 fully saturated rings. The number of fused-ring (bicyclic) bond motifs is 9. The number of hydrogen-bond donors (Lipinski definition) is 0. The van der Waals surface area contributed by atoms with Gasteiger partial charge >= 0.3 is 0 Å². The van der Waals surface area contributed by atoms with Crippen LogP contribution in [0.5, 0.6) is 0 Å². The number of rotatable bonds is 9. The summed E-state index contributed by atoms with van der Waals surface area (Å²) in [7, 11) is 0. The van der Waals surface area contributed by atoms with Gasteiger partial charge in [0.1, 0.15) is 0 Å². The van der Waals surface area contributed by atoms with Gasteiger partial charge in [-0.3, -0.25) is 0 Å². The highest BCUT2D eigenvalue weighted by molar-refractivity contribution is 8.28. The predicted molar refractivity (Wildman–Crippen MR) is 439 cm³/mol. The van der Waals surface area contributed by atoms with Crippen LogP contribution in [-0.4, -0.2) is 13.7 Å². The summed E-state index contributed by atoms with van der Waals surface area (Å²) in [6.45, 7) is 0. The van der Waals surface area contributed by atoms with Crippen molar-refractivity contribution >= 4 is 184 Å². The molecule has 3 aliphatic rings. The molecule has 4 nitrogen and oxygen atoms in total. The first-order chi connectivity index (χ1) is 49.2. The van der Waals surface area contributed by atoms with Gasteiger partial charge in [-0.1, -0.05) is 272 Å². The van der Waals surface area contributed by atoms with Crippen molar-refractivity contribution in [3.63, 3.8) is 0 Å². The second kappa shape index (κ2) is 22.0. The van der Waals surface area contributed by atoms with E-state index < -0.39 is 18.1 Å². The molecule has 0 atom stereocenters. The molecule has 0 amide bonds. The lowest BCUT2D eigenvalue weighted by Gasteiger charge is -2.52. The van der Waals surface area contributed by atoms with Crippen LogP contribution in [0, 0.1) is 0 Å². The number of anilines is 3. The van der Waals surface area contributed by atoms with E-state index >= 15 is 0 Å². The van der Waals surface area contributed by atoms with Crippen molar-refractivity contribution in [2.45, 2.75) is 0 Å². The van der Waals surface area contributed by atoms with E-state index in [1.54, 1.807) is 0 Å². The lowest BCUT2D eigenvalue weighted by Crippen LogP contribution is -2.52. The standard InChI is InChI=1S/C90H57N4P3S3/c98-95(67-31-4-1-5-32-67)82-52-61(58-25-22-28-64(49-58)91-76-43-16-10-37-70(76)71-38-11-17-44-77(71)91)54-84-88(82)94-89-83(95)53-62(59-26-23-29-65(50-59)92-78-45-18-12-39-72(78)73-40-13-19-46-79(73)92)55-85(89)97(100,69-35-8-3-9-36-69)87-57-63(56-86(90(87)94)96(84,99)68-33-6-2-7-34-68)60-27-24-30-66(51-60)93-80-47-20-14-41-74(80)75-42-15-21-48-81(75)93/h1-57H. The van der Waals surface area contributed by atoms with Gasteiger partial charge < -0.3 is 18.6 Å². The molecule has 470 valence electrons. The van der Waals surface area contributed by atoms with Crippen LogP contribution >= 0.6 is 18.1 Å². The topological polar surface area (TPSA) is 18.0 Å². The Morgan fingerprint density at radius 1 is 0.190 bits per heavy atom. The molecule has 0 unspecified atom stereocenters. The zero-order valence-electron chi connectivity index (χ0n) is 53.8. The molecule has 0 radical (unpaired) electrons. The largest absolute Gasteiger partial charge is 0.309 e. The quantitative estimate of drug-likeness (QED) is 0.134. The van der Waals surface area contributed by atoms with Crippen LogP contribution in [0.2, 0.25) is 0 Å². The Morgan fingerprint density at radius 3 is 0.630 bits per heavy atom. The van der Waals surface area contributed by atoms with Crippen LogP contribution in [-0.2, 0) is 35.4 Å². The average molecular weight is 1380 g/mol. The highest BCUT2D eigenvalue weighted by atomic mass is 32.4.